The fourth-order valence-electron chi connectivity index (χ4n) is 3.24. The van der Waals surface area contributed by atoms with Crippen LogP contribution in [-0.4, -0.2) is 36.0 Å². The van der Waals surface area contributed by atoms with E-state index >= 15 is 0 Å². The van der Waals surface area contributed by atoms with E-state index in [1.807, 2.05) is 24.3 Å². The maximum absolute atomic E-state index is 12.6. The van der Waals surface area contributed by atoms with Gasteiger partial charge in [0.05, 0.1) is 0 Å². The zero-order chi connectivity index (χ0) is 18.7. The van der Waals surface area contributed by atoms with Crippen LogP contribution in [0.4, 0.5) is 0 Å². The van der Waals surface area contributed by atoms with E-state index in [1.54, 1.807) is 6.07 Å². The zero-order valence-electron chi connectivity index (χ0n) is 14.4. The predicted molar refractivity (Wildman–Crippen MR) is 96.9 cm³/mol. The molecule has 6 heteroatoms. The molecular weight excluding hydrogens is 332 g/mol. The van der Waals surface area contributed by atoms with Gasteiger partial charge in [-0.2, -0.15) is 0 Å². The van der Waals surface area contributed by atoms with Gasteiger partial charge >= 0.3 is 5.97 Å². The van der Waals surface area contributed by atoms with Gasteiger partial charge in [-0.1, -0.05) is 30.3 Å². The van der Waals surface area contributed by atoms with E-state index in [0.29, 0.717) is 5.56 Å². The Balaban J connectivity index is 1.76. The minimum atomic E-state index is -1.01. The van der Waals surface area contributed by atoms with Crippen LogP contribution in [0.1, 0.15) is 34.3 Å². The fourth-order valence-corrected chi connectivity index (χ4v) is 3.24. The molecular formula is C20H20N2O4. The lowest BCUT2D eigenvalue weighted by Crippen LogP contribution is -2.45. The molecule has 0 spiro atoms. The number of aliphatic carboxylic acids is 1. The smallest absolute Gasteiger partial charge is 0.303 e. The van der Waals surface area contributed by atoms with Crippen LogP contribution in [0.5, 0.6) is 0 Å². The third kappa shape index (κ3) is 3.59. The highest BCUT2D eigenvalue weighted by Crippen LogP contribution is 2.36. The Hall–Kier alpha value is -3.15. The molecule has 6 nitrogen and oxygen atoms in total. The number of nitrogens with one attached hydrogen (secondary N) is 2. The number of carbonyl (C=O) groups is 3. The summed E-state index contributed by atoms with van der Waals surface area (Å²) in [5.74, 6) is -1.81. The fraction of sp³-hybridized carbons (Fsp3) is 0.250. The summed E-state index contributed by atoms with van der Waals surface area (Å²) in [6, 6.07) is 12.7. The van der Waals surface area contributed by atoms with Gasteiger partial charge in [-0.25, -0.2) is 0 Å². The molecule has 0 aliphatic heterocycles. The van der Waals surface area contributed by atoms with Crippen LogP contribution in [0.15, 0.2) is 42.5 Å². The summed E-state index contributed by atoms with van der Waals surface area (Å²) in [4.78, 5) is 35.2. The molecule has 1 atom stereocenters. The van der Waals surface area contributed by atoms with Crippen molar-refractivity contribution in [3.8, 4) is 11.1 Å². The summed E-state index contributed by atoms with van der Waals surface area (Å²) in [6.07, 6.45) is 0.611. The van der Waals surface area contributed by atoms with Crippen LogP contribution in [-0.2, 0) is 16.0 Å². The van der Waals surface area contributed by atoms with Gasteiger partial charge in [-0.3, -0.25) is 14.4 Å². The molecule has 2 aromatic carbocycles. The number of carboxylic acid groups (broad SMARTS) is 1. The molecule has 2 aromatic rings. The number of fused-ring (bicyclic) bond motifs is 3. The largest absolute Gasteiger partial charge is 0.481 e. The van der Waals surface area contributed by atoms with Crippen molar-refractivity contribution in [1.82, 2.24) is 10.6 Å². The number of likely N-dealkylation sites (N-methyl/N-ethyl adjacent to an activating group) is 1. The SMILES string of the molecule is CNC(=O)[C@H](CCC(=O)O)NC(=O)c1ccc2c(c1)Cc1ccccc1-2. The van der Waals surface area contributed by atoms with Gasteiger partial charge in [0.2, 0.25) is 5.91 Å². The molecule has 3 rings (SSSR count). The van der Waals surface area contributed by atoms with Gasteiger partial charge in [-0.05, 0) is 47.2 Å². The second-order valence-corrected chi connectivity index (χ2v) is 6.28. The van der Waals surface area contributed by atoms with Crippen molar-refractivity contribution in [2.45, 2.75) is 25.3 Å². The lowest BCUT2D eigenvalue weighted by Gasteiger charge is -2.17. The Kier molecular flexibility index (Phi) is 5.02. The summed E-state index contributed by atoms with van der Waals surface area (Å²) < 4.78 is 0. The molecule has 3 N–H and O–H groups in total. The molecule has 0 heterocycles. The molecule has 0 fully saturated rings. The van der Waals surface area contributed by atoms with Crippen LogP contribution in [0.2, 0.25) is 0 Å². The molecule has 1 aliphatic rings. The first-order chi connectivity index (χ1) is 12.5. The van der Waals surface area contributed by atoms with Crippen LogP contribution in [0, 0.1) is 0 Å². The maximum atomic E-state index is 12.6. The van der Waals surface area contributed by atoms with E-state index in [1.165, 1.54) is 18.2 Å². The minimum absolute atomic E-state index is 0.0388. The Morgan fingerprint density at radius 1 is 1.08 bits per heavy atom. The highest BCUT2D eigenvalue weighted by Gasteiger charge is 2.23. The molecule has 0 saturated carbocycles. The lowest BCUT2D eigenvalue weighted by atomic mass is 10.0. The standard InChI is InChI=1S/C20H20N2O4/c1-21-20(26)17(8-9-18(23)24)22-19(25)13-6-7-16-14(11-13)10-12-4-2-3-5-15(12)16/h2-7,11,17H,8-10H2,1H3,(H,21,26)(H,22,25)(H,23,24)/t17-/m0/s1. The number of carbonyl (C=O) groups excluding carboxylic acids is 2. The third-order valence-corrected chi connectivity index (χ3v) is 4.57. The first-order valence-electron chi connectivity index (χ1n) is 8.45. The average Bonchev–Trinajstić information content (AvgIpc) is 3.01. The first-order valence-corrected chi connectivity index (χ1v) is 8.45. The first kappa shape index (κ1) is 17.7. The average molecular weight is 352 g/mol. The number of hydrogen-bond donors (Lipinski definition) is 3. The second-order valence-electron chi connectivity index (χ2n) is 6.28. The predicted octanol–water partition coefficient (Wildman–Crippen LogP) is 1.97. The lowest BCUT2D eigenvalue weighted by molar-refractivity contribution is -0.137. The number of amides is 2. The van der Waals surface area contributed by atoms with E-state index in [2.05, 4.69) is 22.8 Å². The van der Waals surface area contributed by atoms with Crippen molar-refractivity contribution in [2.75, 3.05) is 7.05 Å². The molecule has 0 aromatic heterocycles. The van der Waals surface area contributed by atoms with E-state index in [0.717, 1.165) is 17.5 Å². The summed E-state index contributed by atoms with van der Waals surface area (Å²) in [5.41, 5.74) is 5.05. The van der Waals surface area contributed by atoms with Crippen molar-refractivity contribution in [2.24, 2.45) is 0 Å². The highest BCUT2D eigenvalue weighted by molar-refractivity contribution is 5.98. The van der Waals surface area contributed by atoms with Gasteiger partial charge in [0.1, 0.15) is 6.04 Å². The molecule has 1 aliphatic carbocycles. The molecule has 134 valence electrons. The van der Waals surface area contributed by atoms with E-state index < -0.39 is 17.9 Å². The molecule has 2 amide bonds. The van der Waals surface area contributed by atoms with Crippen LogP contribution in [0.25, 0.3) is 11.1 Å². The summed E-state index contributed by atoms with van der Waals surface area (Å²) >= 11 is 0. The van der Waals surface area contributed by atoms with Crippen molar-refractivity contribution >= 4 is 17.8 Å². The van der Waals surface area contributed by atoms with Gasteiger partial charge in [0.15, 0.2) is 0 Å². The van der Waals surface area contributed by atoms with Crippen molar-refractivity contribution in [1.29, 1.82) is 0 Å². The van der Waals surface area contributed by atoms with Gasteiger partial charge in [0, 0.05) is 19.0 Å². The Morgan fingerprint density at radius 2 is 1.81 bits per heavy atom. The molecule has 0 saturated heterocycles. The number of rotatable bonds is 6. The highest BCUT2D eigenvalue weighted by atomic mass is 16.4. The van der Waals surface area contributed by atoms with E-state index in [9.17, 15) is 14.4 Å². The summed E-state index contributed by atoms with van der Waals surface area (Å²) in [5, 5.41) is 13.9. The Labute approximate surface area is 151 Å². The monoisotopic (exact) mass is 352 g/mol. The minimum Gasteiger partial charge on any atom is -0.481 e. The Bertz CT molecular complexity index is 876. The molecule has 0 radical (unpaired) electrons. The topological polar surface area (TPSA) is 95.5 Å². The van der Waals surface area contributed by atoms with Crippen LogP contribution < -0.4 is 10.6 Å². The zero-order valence-corrected chi connectivity index (χ0v) is 14.4. The third-order valence-electron chi connectivity index (χ3n) is 4.57. The van der Waals surface area contributed by atoms with Crippen molar-refractivity contribution < 1.29 is 19.5 Å². The number of carboxylic acids is 1. The molecule has 0 bridgehead atoms. The molecule has 0 unspecified atom stereocenters. The number of benzene rings is 2. The number of hydrogen-bond acceptors (Lipinski definition) is 3. The normalized spacial score (nSPS) is 12.7. The van der Waals surface area contributed by atoms with E-state index in [4.69, 9.17) is 5.11 Å². The van der Waals surface area contributed by atoms with Crippen LogP contribution >= 0.6 is 0 Å². The van der Waals surface area contributed by atoms with Crippen LogP contribution in [0.3, 0.4) is 0 Å². The Morgan fingerprint density at radius 3 is 2.54 bits per heavy atom. The maximum Gasteiger partial charge on any atom is 0.303 e. The summed E-state index contributed by atoms with van der Waals surface area (Å²) in [7, 11) is 1.45. The molecule has 26 heavy (non-hydrogen) atoms. The summed E-state index contributed by atoms with van der Waals surface area (Å²) in [6.45, 7) is 0. The van der Waals surface area contributed by atoms with Gasteiger partial charge in [-0.15, -0.1) is 0 Å². The van der Waals surface area contributed by atoms with E-state index in [-0.39, 0.29) is 18.7 Å². The van der Waals surface area contributed by atoms with Gasteiger partial charge < -0.3 is 15.7 Å². The van der Waals surface area contributed by atoms with Gasteiger partial charge in [0.25, 0.3) is 5.91 Å². The second kappa shape index (κ2) is 7.39. The van der Waals surface area contributed by atoms with Crippen molar-refractivity contribution in [3.63, 3.8) is 0 Å². The van der Waals surface area contributed by atoms with Crippen molar-refractivity contribution in [3.05, 3.63) is 59.2 Å². The quantitative estimate of drug-likeness (QED) is 0.632.